The molecule has 1 amide bonds. The van der Waals surface area contributed by atoms with E-state index in [-0.39, 0.29) is 23.9 Å². The number of Topliss-reactive ketones (excluding diaryl/α,β-unsaturated/α-hetero) is 1. The second-order valence-electron chi connectivity index (χ2n) is 5.05. The van der Waals surface area contributed by atoms with Crippen LogP contribution in [0.5, 0.6) is 0 Å². The minimum atomic E-state index is -0.497. The van der Waals surface area contributed by atoms with Crippen molar-refractivity contribution in [1.29, 1.82) is 5.26 Å². The van der Waals surface area contributed by atoms with Gasteiger partial charge in [0.2, 0.25) is 5.91 Å². The van der Waals surface area contributed by atoms with Crippen LogP contribution in [0, 0.1) is 11.3 Å². The summed E-state index contributed by atoms with van der Waals surface area (Å²) >= 11 is 1.16. The molecule has 0 radical (unpaired) electrons. The first kappa shape index (κ1) is 19.7. The second kappa shape index (κ2) is 8.52. The number of hydrogen-bond donors (Lipinski definition) is 2. The van der Waals surface area contributed by atoms with E-state index in [1.54, 1.807) is 25.4 Å². The maximum absolute atomic E-state index is 12.1. The third-order valence-electron chi connectivity index (χ3n) is 3.40. The first-order valence-electron chi connectivity index (χ1n) is 6.89. The van der Waals surface area contributed by atoms with Crippen LogP contribution in [-0.2, 0) is 9.59 Å². The van der Waals surface area contributed by atoms with Gasteiger partial charge in [0.1, 0.15) is 0 Å². The third kappa shape index (κ3) is 4.16. The smallest absolute Gasteiger partial charge is 0.227 e. The Morgan fingerprint density at radius 2 is 2.21 bits per heavy atom. The average molecular weight is 365 g/mol. The van der Waals surface area contributed by atoms with Crippen LogP contribution >= 0.6 is 24.2 Å². The molecule has 24 heavy (non-hydrogen) atoms. The topological polar surface area (TPSA) is 109 Å². The summed E-state index contributed by atoms with van der Waals surface area (Å²) in [6, 6.07) is 5.75. The first-order valence-corrected chi connectivity index (χ1v) is 7.88. The Balaban J connectivity index is 0.00000288. The van der Waals surface area contributed by atoms with Crippen LogP contribution in [0.25, 0.3) is 0 Å². The zero-order chi connectivity index (χ0) is 17.0. The van der Waals surface area contributed by atoms with E-state index in [1.807, 2.05) is 6.07 Å². The number of aromatic nitrogens is 1. The third-order valence-corrected chi connectivity index (χ3v) is 4.44. The minimum absolute atomic E-state index is 0. The van der Waals surface area contributed by atoms with Crippen LogP contribution < -0.4 is 11.1 Å². The Morgan fingerprint density at radius 1 is 1.50 bits per heavy atom. The largest absolute Gasteiger partial charge is 0.369 e. The summed E-state index contributed by atoms with van der Waals surface area (Å²) in [4.78, 5) is 27.2. The van der Waals surface area contributed by atoms with Gasteiger partial charge in [-0.1, -0.05) is 17.8 Å². The molecule has 8 heteroatoms. The fourth-order valence-corrected chi connectivity index (χ4v) is 3.35. The highest BCUT2D eigenvalue weighted by Crippen LogP contribution is 2.40. The Hall–Kier alpha value is -2.30. The molecule has 1 aliphatic rings. The Kier molecular flexibility index (Phi) is 7.01. The van der Waals surface area contributed by atoms with Gasteiger partial charge in [0.25, 0.3) is 0 Å². The molecule has 6 nitrogen and oxygen atoms in total. The lowest BCUT2D eigenvalue weighted by Gasteiger charge is -2.29. The number of thioether (sulfide) groups is 1. The quantitative estimate of drug-likeness (QED) is 0.827. The van der Waals surface area contributed by atoms with E-state index in [4.69, 9.17) is 5.73 Å². The maximum Gasteiger partial charge on any atom is 0.227 e. The zero-order valence-electron chi connectivity index (χ0n) is 13.2. The van der Waals surface area contributed by atoms with Crippen molar-refractivity contribution in [3.8, 4) is 6.07 Å². The van der Waals surface area contributed by atoms with Crippen LogP contribution in [0.4, 0.5) is 0 Å². The molecule has 0 spiro atoms. The molecule has 2 heterocycles. The zero-order valence-corrected chi connectivity index (χ0v) is 14.8. The van der Waals surface area contributed by atoms with Gasteiger partial charge in [-0.3, -0.25) is 14.6 Å². The van der Waals surface area contributed by atoms with Gasteiger partial charge in [0, 0.05) is 23.7 Å². The van der Waals surface area contributed by atoms with Crippen LogP contribution in [-0.4, -0.2) is 22.4 Å². The fraction of sp³-hybridized carbons (Fsp3) is 0.250. The van der Waals surface area contributed by atoms with Crippen LogP contribution in [0.1, 0.15) is 25.3 Å². The number of pyridine rings is 1. The van der Waals surface area contributed by atoms with Crippen LogP contribution in [0.3, 0.4) is 0 Å². The highest BCUT2D eigenvalue weighted by atomic mass is 35.5. The van der Waals surface area contributed by atoms with Gasteiger partial charge >= 0.3 is 0 Å². The average Bonchev–Trinajstić information content (AvgIpc) is 2.52. The number of primary amides is 1. The second-order valence-corrected chi connectivity index (χ2v) is 6.03. The summed E-state index contributed by atoms with van der Waals surface area (Å²) in [6.07, 6.45) is 3.27. The van der Waals surface area contributed by atoms with E-state index < -0.39 is 11.8 Å². The number of ketones is 1. The number of carbonyl (C=O) groups excluding carboxylic acids is 2. The molecule has 1 atom stereocenters. The molecular formula is C16H17ClN4O2S. The van der Waals surface area contributed by atoms with Crippen molar-refractivity contribution < 1.29 is 9.59 Å². The molecule has 126 valence electrons. The van der Waals surface area contributed by atoms with Crippen molar-refractivity contribution in [2.75, 3.05) is 5.75 Å². The van der Waals surface area contributed by atoms with E-state index in [9.17, 15) is 14.9 Å². The SMILES string of the molecule is CC(=O)C1=C(C)NC(SCC(N)=O)=C(C#N)C1c1cccnc1.Cl. The summed E-state index contributed by atoms with van der Waals surface area (Å²) in [6.45, 7) is 3.25. The van der Waals surface area contributed by atoms with E-state index in [2.05, 4.69) is 16.4 Å². The lowest BCUT2D eigenvalue weighted by Crippen LogP contribution is -2.28. The number of nitrogens with one attached hydrogen (secondary N) is 1. The van der Waals surface area contributed by atoms with Crippen molar-refractivity contribution in [1.82, 2.24) is 10.3 Å². The number of dihydropyridines is 1. The fourth-order valence-electron chi connectivity index (χ4n) is 2.52. The number of allylic oxidation sites excluding steroid dienone is 3. The molecule has 0 saturated heterocycles. The van der Waals surface area contributed by atoms with Gasteiger partial charge in [-0.05, 0) is 25.5 Å². The number of nitrogens with zero attached hydrogens (tertiary/aromatic N) is 2. The summed E-state index contributed by atoms with van der Waals surface area (Å²) < 4.78 is 0. The van der Waals surface area contributed by atoms with E-state index in [0.29, 0.717) is 21.9 Å². The molecule has 0 aliphatic carbocycles. The summed E-state index contributed by atoms with van der Waals surface area (Å²) in [5, 5.41) is 13.2. The van der Waals surface area contributed by atoms with Gasteiger partial charge in [0.05, 0.1) is 28.3 Å². The lowest BCUT2D eigenvalue weighted by atomic mass is 9.81. The number of rotatable bonds is 5. The van der Waals surface area contributed by atoms with Gasteiger partial charge in [-0.2, -0.15) is 5.26 Å². The highest BCUT2D eigenvalue weighted by molar-refractivity contribution is 8.03. The van der Waals surface area contributed by atoms with Gasteiger partial charge in [0.15, 0.2) is 5.78 Å². The Labute approximate surface area is 150 Å². The molecule has 1 aromatic rings. The maximum atomic E-state index is 12.1. The molecule has 1 unspecified atom stereocenters. The number of nitriles is 1. The van der Waals surface area contributed by atoms with Crippen LogP contribution in [0.15, 0.2) is 46.4 Å². The number of nitrogens with two attached hydrogens (primary N) is 1. The highest BCUT2D eigenvalue weighted by Gasteiger charge is 2.33. The summed E-state index contributed by atoms with van der Waals surface area (Å²) in [5.74, 6) is -1.03. The Morgan fingerprint density at radius 3 is 2.71 bits per heavy atom. The van der Waals surface area contributed by atoms with E-state index in [0.717, 1.165) is 17.3 Å². The van der Waals surface area contributed by atoms with Crippen LogP contribution in [0.2, 0.25) is 0 Å². The molecule has 1 aromatic heterocycles. The number of carbonyl (C=O) groups is 2. The Bertz CT molecular complexity index is 753. The molecule has 3 N–H and O–H groups in total. The van der Waals surface area contributed by atoms with Gasteiger partial charge in [-0.15, -0.1) is 12.4 Å². The molecule has 0 bridgehead atoms. The monoisotopic (exact) mass is 364 g/mol. The van der Waals surface area contributed by atoms with Gasteiger partial charge < -0.3 is 11.1 Å². The molecule has 0 saturated carbocycles. The minimum Gasteiger partial charge on any atom is -0.369 e. The van der Waals surface area contributed by atoms with Crippen molar-refractivity contribution in [2.45, 2.75) is 19.8 Å². The van der Waals surface area contributed by atoms with Gasteiger partial charge in [-0.25, -0.2) is 0 Å². The molecular weight excluding hydrogens is 348 g/mol. The van der Waals surface area contributed by atoms with Crippen molar-refractivity contribution in [3.63, 3.8) is 0 Å². The number of hydrogen-bond acceptors (Lipinski definition) is 6. The predicted molar refractivity (Wildman–Crippen MR) is 95.0 cm³/mol. The van der Waals surface area contributed by atoms with E-state index >= 15 is 0 Å². The molecule has 2 rings (SSSR count). The van der Waals surface area contributed by atoms with Crippen molar-refractivity contribution in [3.05, 3.63) is 52.0 Å². The first-order chi connectivity index (χ1) is 11.0. The summed E-state index contributed by atoms with van der Waals surface area (Å²) in [5.41, 5.74) is 7.52. The lowest BCUT2D eigenvalue weighted by molar-refractivity contribution is -0.115. The van der Waals surface area contributed by atoms with Crippen molar-refractivity contribution >= 4 is 35.9 Å². The predicted octanol–water partition coefficient (Wildman–Crippen LogP) is 2.01. The molecule has 0 fully saturated rings. The standard InChI is InChI=1S/C16H16N4O2S.ClH/c1-9-14(10(2)21)15(11-4-3-5-19-7-11)12(6-17)16(20-9)23-8-13(18)22;/h3-5,7,15,20H,8H2,1-2H3,(H2,18,22);1H. The molecule has 1 aliphatic heterocycles. The number of halogens is 1. The van der Waals surface area contributed by atoms with E-state index in [1.165, 1.54) is 6.92 Å². The number of amides is 1. The molecule has 0 aromatic carbocycles. The normalized spacial score (nSPS) is 16.8. The van der Waals surface area contributed by atoms with Crippen molar-refractivity contribution in [2.24, 2.45) is 5.73 Å². The summed E-state index contributed by atoms with van der Waals surface area (Å²) in [7, 11) is 0.